The second-order valence-electron chi connectivity index (χ2n) is 8.86. The van der Waals surface area contributed by atoms with Crippen LogP contribution in [0, 0.1) is 0 Å². The van der Waals surface area contributed by atoms with E-state index >= 15 is 0 Å². The van der Waals surface area contributed by atoms with Gasteiger partial charge in [-0.2, -0.15) is 0 Å². The number of piperidine rings is 1. The molecule has 2 aliphatic rings. The van der Waals surface area contributed by atoms with E-state index in [0.29, 0.717) is 0 Å². The molecular formula is C23H29NO4. The molecular weight excluding hydrogens is 354 g/mol. The number of carbonyl (C=O) groups is 1. The Kier molecular flexibility index (Phi) is 4.86. The number of nitrogens with zero attached hydrogens (tertiary/aromatic N) is 1. The molecule has 2 saturated heterocycles. The Bertz CT molecular complexity index is 859. The summed E-state index contributed by atoms with van der Waals surface area (Å²) in [6.45, 7) is 5.74. The second-order valence-corrected chi connectivity index (χ2v) is 8.86. The minimum atomic E-state index is -0.461. The Morgan fingerprint density at radius 3 is 2.11 bits per heavy atom. The fourth-order valence-corrected chi connectivity index (χ4v) is 4.43. The molecule has 2 bridgehead atoms. The minimum Gasteiger partial charge on any atom is -0.497 e. The molecule has 0 aromatic heterocycles. The second kappa shape index (κ2) is 7.19. The van der Waals surface area contributed by atoms with Gasteiger partial charge in [0.25, 0.3) is 0 Å². The number of benzene rings is 2. The molecule has 2 aromatic rings. The summed E-state index contributed by atoms with van der Waals surface area (Å²) in [7, 11) is 1.68. The largest absolute Gasteiger partial charge is 0.497 e. The monoisotopic (exact) mass is 383 g/mol. The van der Waals surface area contributed by atoms with Gasteiger partial charge in [-0.3, -0.25) is 0 Å². The highest BCUT2D eigenvalue weighted by molar-refractivity contribution is 5.85. The van der Waals surface area contributed by atoms with Crippen molar-refractivity contribution in [1.29, 1.82) is 0 Å². The number of fused-ring (bicyclic) bond motifs is 3. The lowest BCUT2D eigenvalue weighted by Crippen LogP contribution is -2.50. The minimum absolute atomic E-state index is 0.131. The Morgan fingerprint density at radius 2 is 1.54 bits per heavy atom. The fourth-order valence-electron chi connectivity index (χ4n) is 4.43. The van der Waals surface area contributed by atoms with Crippen LogP contribution in [0.15, 0.2) is 36.4 Å². The molecule has 2 aromatic carbocycles. The van der Waals surface area contributed by atoms with Gasteiger partial charge in [-0.25, -0.2) is 4.79 Å². The molecule has 2 atom stereocenters. The molecule has 2 fully saturated rings. The molecule has 0 saturated carbocycles. The van der Waals surface area contributed by atoms with Crippen molar-refractivity contribution in [2.75, 3.05) is 7.11 Å². The van der Waals surface area contributed by atoms with Crippen molar-refractivity contribution >= 4 is 16.9 Å². The molecule has 5 heteroatoms. The quantitative estimate of drug-likeness (QED) is 0.735. The van der Waals surface area contributed by atoms with Crippen LogP contribution in [0.3, 0.4) is 0 Å². The van der Waals surface area contributed by atoms with Crippen LogP contribution in [0.5, 0.6) is 11.5 Å². The van der Waals surface area contributed by atoms with E-state index in [1.165, 1.54) is 0 Å². The third-order valence-electron chi connectivity index (χ3n) is 5.62. The molecule has 2 unspecified atom stereocenters. The SMILES string of the molecule is COc1ccc2cc(OC3CC4CCC(C3)N4C(=O)OC(C)(C)C)ccc2c1. The molecule has 2 aliphatic heterocycles. The van der Waals surface area contributed by atoms with Crippen LogP contribution in [0.4, 0.5) is 4.79 Å². The van der Waals surface area contributed by atoms with Crippen LogP contribution in [-0.4, -0.2) is 41.9 Å². The molecule has 0 spiro atoms. The number of methoxy groups -OCH3 is 1. The number of ether oxygens (including phenoxy) is 3. The predicted octanol–water partition coefficient (Wildman–Crippen LogP) is 5.16. The highest BCUT2D eigenvalue weighted by atomic mass is 16.6. The Labute approximate surface area is 166 Å². The van der Waals surface area contributed by atoms with Crippen LogP contribution in [0.1, 0.15) is 46.5 Å². The van der Waals surface area contributed by atoms with Crippen molar-refractivity contribution in [3.8, 4) is 11.5 Å². The van der Waals surface area contributed by atoms with Crippen LogP contribution < -0.4 is 9.47 Å². The van der Waals surface area contributed by atoms with Crippen molar-refractivity contribution in [2.24, 2.45) is 0 Å². The fraction of sp³-hybridized carbons (Fsp3) is 0.522. The van der Waals surface area contributed by atoms with Crippen LogP contribution in [0.2, 0.25) is 0 Å². The summed E-state index contributed by atoms with van der Waals surface area (Å²) in [4.78, 5) is 14.5. The number of carbonyl (C=O) groups excluding carboxylic acids is 1. The standard InChI is InChI=1S/C23H29NO4/c1-23(2,3)28-22(25)24-17-7-8-18(24)14-21(13-17)27-20-10-6-15-11-19(26-4)9-5-16(15)12-20/h5-6,9-12,17-18,21H,7-8,13-14H2,1-4H3. The zero-order chi connectivity index (χ0) is 19.9. The van der Waals surface area contributed by atoms with Gasteiger partial charge < -0.3 is 19.1 Å². The van der Waals surface area contributed by atoms with Gasteiger partial charge in [0.2, 0.25) is 0 Å². The lowest BCUT2D eigenvalue weighted by molar-refractivity contribution is -0.00705. The average molecular weight is 383 g/mol. The van der Waals surface area contributed by atoms with Crippen molar-refractivity contribution < 1.29 is 19.0 Å². The first-order valence-corrected chi connectivity index (χ1v) is 10.1. The number of rotatable bonds is 3. The normalized spacial score (nSPS) is 24.3. The van der Waals surface area contributed by atoms with E-state index in [2.05, 4.69) is 18.2 Å². The van der Waals surface area contributed by atoms with Crippen LogP contribution >= 0.6 is 0 Å². The van der Waals surface area contributed by atoms with Crippen molar-refractivity contribution in [3.05, 3.63) is 36.4 Å². The zero-order valence-electron chi connectivity index (χ0n) is 17.1. The molecule has 28 heavy (non-hydrogen) atoms. The van der Waals surface area contributed by atoms with Crippen LogP contribution in [-0.2, 0) is 4.74 Å². The number of hydrogen-bond acceptors (Lipinski definition) is 4. The summed E-state index contributed by atoms with van der Waals surface area (Å²) in [5.74, 6) is 1.74. The van der Waals surface area contributed by atoms with Gasteiger partial charge in [0.05, 0.1) is 7.11 Å². The van der Waals surface area contributed by atoms with Gasteiger partial charge in [0.15, 0.2) is 0 Å². The van der Waals surface area contributed by atoms with Gasteiger partial charge in [0.1, 0.15) is 23.2 Å². The lowest BCUT2D eigenvalue weighted by Gasteiger charge is -2.39. The maximum Gasteiger partial charge on any atom is 0.410 e. The number of amides is 1. The molecule has 0 N–H and O–H groups in total. The van der Waals surface area contributed by atoms with E-state index in [1.54, 1.807) is 7.11 Å². The molecule has 2 heterocycles. The summed E-state index contributed by atoms with van der Waals surface area (Å²) in [6.07, 6.45) is 3.72. The smallest absolute Gasteiger partial charge is 0.410 e. The van der Waals surface area contributed by atoms with Gasteiger partial charge in [0, 0.05) is 24.9 Å². The predicted molar refractivity (Wildman–Crippen MR) is 109 cm³/mol. The van der Waals surface area contributed by atoms with E-state index in [0.717, 1.165) is 48.0 Å². The highest BCUT2D eigenvalue weighted by Gasteiger charge is 2.45. The molecule has 0 radical (unpaired) electrons. The van der Waals surface area contributed by atoms with E-state index in [-0.39, 0.29) is 24.3 Å². The first-order chi connectivity index (χ1) is 13.3. The summed E-state index contributed by atoms with van der Waals surface area (Å²) < 4.78 is 17.2. The lowest BCUT2D eigenvalue weighted by atomic mass is 10.00. The molecule has 1 amide bonds. The first kappa shape index (κ1) is 18.9. The third kappa shape index (κ3) is 3.89. The van der Waals surface area contributed by atoms with Gasteiger partial charge in [-0.05, 0) is 68.7 Å². The molecule has 4 rings (SSSR count). The van der Waals surface area contributed by atoms with Gasteiger partial charge >= 0.3 is 6.09 Å². The average Bonchev–Trinajstić information content (AvgIpc) is 2.91. The maximum atomic E-state index is 12.6. The van der Waals surface area contributed by atoms with Crippen LogP contribution in [0.25, 0.3) is 10.8 Å². The maximum absolute atomic E-state index is 12.6. The zero-order valence-corrected chi connectivity index (χ0v) is 17.1. The molecule has 0 aliphatic carbocycles. The van der Waals surface area contributed by atoms with E-state index in [9.17, 15) is 4.79 Å². The summed E-state index contributed by atoms with van der Waals surface area (Å²) in [5.41, 5.74) is -0.461. The first-order valence-electron chi connectivity index (χ1n) is 10.1. The summed E-state index contributed by atoms with van der Waals surface area (Å²) in [6, 6.07) is 12.6. The molecule has 5 nitrogen and oxygen atoms in total. The highest BCUT2D eigenvalue weighted by Crippen LogP contribution is 2.38. The van der Waals surface area contributed by atoms with Crippen molar-refractivity contribution in [1.82, 2.24) is 4.90 Å². The Morgan fingerprint density at radius 1 is 0.964 bits per heavy atom. The van der Waals surface area contributed by atoms with Crippen molar-refractivity contribution in [3.63, 3.8) is 0 Å². The summed E-state index contributed by atoms with van der Waals surface area (Å²) in [5, 5.41) is 2.26. The van der Waals surface area contributed by atoms with E-state index < -0.39 is 5.60 Å². The Balaban J connectivity index is 1.44. The number of hydrogen-bond donors (Lipinski definition) is 0. The molecule has 150 valence electrons. The summed E-state index contributed by atoms with van der Waals surface area (Å²) >= 11 is 0. The van der Waals surface area contributed by atoms with Gasteiger partial charge in [-0.1, -0.05) is 12.1 Å². The van der Waals surface area contributed by atoms with Crippen molar-refractivity contribution in [2.45, 2.75) is 70.2 Å². The van der Waals surface area contributed by atoms with E-state index in [4.69, 9.17) is 14.2 Å². The third-order valence-corrected chi connectivity index (χ3v) is 5.62. The van der Waals surface area contributed by atoms with Gasteiger partial charge in [-0.15, -0.1) is 0 Å². The van der Waals surface area contributed by atoms with E-state index in [1.807, 2.05) is 43.9 Å². The Hall–Kier alpha value is -2.43. The topological polar surface area (TPSA) is 48.0 Å².